The van der Waals surface area contributed by atoms with Gasteiger partial charge in [-0.2, -0.15) is 0 Å². The van der Waals surface area contributed by atoms with Crippen LogP contribution in [0.3, 0.4) is 0 Å². The van der Waals surface area contributed by atoms with Gasteiger partial charge in [0.25, 0.3) is 0 Å². The molecule has 0 aromatic rings. The summed E-state index contributed by atoms with van der Waals surface area (Å²) in [5.74, 6) is 5.10. The molecule has 1 radical (unpaired) electrons. The minimum atomic E-state index is -0.362. The van der Waals surface area contributed by atoms with E-state index in [1.165, 1.54) is 49.1 Å². The van der Waals surface area contributed by atoms with Crippen LogP contribution in [-0.4, -0.2) is 95.6 Å². The molecule has 7 aliphatic carbocycles. The zero-order valence-corrected chi connectivity index (χ0v) is 29.0. The van der Waals surface area contributed by atoms with E-state index in [1.54, 1.807) is 12.8 Å². The Kier molecular flexibility index (Phi) is 8.79. The number of rotatable bonds is 4. The van der Waals surface area contributed by atoms with Crippen molar-refractivity contribution in [2.75, 3.05) is 52.4 Å². The van der Waals surface area contributed by atoms with Crippen LogP contribution in [0.25, 0.3) is 0 Å². The largest absolute Gasteiger partial charge is 0.358 e. The van der Waals surface area contributed by atoms with Gasteiger partial charge in [0.2, 0.25) is 23.6 Å². The van der Waals surface area contributed by atoms with E-state index in [0.717, 1.165) is 48.3 Å². The molecule has 9 heteroatoms. The Balaban J connectivity index is 0.000000155. The Morgan fingerprint density at radius 1 is 0.455 bits per heavy atom. The summed E-state index contributed by atoms with van der Waals surface area (Å²) >= 11 is 0. The van der Waals surface area contributed by atoms with Crippen molar-refractivity contribution in [3.05, 3.63) is 7.43 Å². The third-order valence-corrected chi connectivity index (χ3v) is 14.5. The Labute approximate surface area is 277 Å². The molecule has 4 bridgehead atoms. The molecule has 4 amide bonds. The van der Waals surface area contributed by atoms with Gasteiger partial charge in [-0.15, -0.1) is 0 Å². The molecule has 10 atom stereocenters. The fourth-order valence-corrected chi connectivity index (χ4v) is 12.9. The molecule has 247 valence electrons. The van der Waals surface area contributed by atoms with Gasteiger partial charge in [-0.05, 0) is 112 Å². The van der Waals surface area contributed by atoms with E-state index in [9.17, 15) is 19.2 Å². The second-order valence-corrected chi connectivity index (χ2v) is 15.3. The van der Waals surface area contributed by atoms with E-state index in [-0.39, 0.29) is 86.0 Å². The maximum atomic E-state index is 12.9. The van der Waals surface area contributed by atoms with E-state index in [4.69, 9.17) is 0 Å². The third-order valence-electron chi connectivity index (χ3n) is 14.5. The number of hydrogen-bond acceptors (Lipinski definition) is 6. The van der Waals surface area contributed by atoms with E-state index >= 15 is 0 Å². The van der Waals surface area contributed by atoms with Crippen molar-refractivity contribution in [3.63, 3.8) is 0 Å². The molecule has 4 aliphatic heterocycles. The molecular weight excluding hydrogens is 643 g/mol. The molecule has 8 nitrogen and oxygen atoms in total. The number of amides is 4. The van der Waals surface area contributed by atoms with E-state index in [2.05, 4.69) is 23.6 Å². The molecule has 4 heterocycles. The number of nitrogens with zero attached hydrogens (tertiary/aromatic N) is 4. The first-order valence-electron chi connectivity index (χ1n) is 17.5. The summed E-state index contributed by atoms with van der Waals surface area (Å²) in [5.41, 5.74) is 0. The average molecular weight is 697 g/mol. The Bertz CT molecular complexity index is 1040. The van der Waals surface area contributed by atoms with Crippen molar-refractivity contribution in [3.8, 4) is 0 Å². The summed E-state index contributed by atoms with van der Waals surface area (Å²) in [6.07, 6.45) is 5.17. The smallest absolute Gasteiger partial charge is 0.233 e. The Morgan fingerprint density at radius 3 is 0.955 bits per heavy atom. The average Bonchev–Trinajstić information content (AvgIpc) is 3.73. The quantitative estimate of drug-likeness (QED) is 0.256. The van der Waals surface area contributed by atoms with Gasteiger partial charge in [0, 0.05) is 58.7 Å². The van der Waals surface area contributed by atoms with Crippen molar-refractivity contribution >= 4 is 23.6 Å². The van der Waals surface area contributed by atoms with Crippen molar-refractivity contribution in [2.24, 2.45) is 82.9 Å². The van der Waals surface area contributed by atoms with E-state index < -0.39 is 0 Å². The van der Waals surface area contributed by atoms with Crippen molar-refractivity contribution < 1.29 is 38.7 Å². The number of imide groups is 2. The van der Waals surface area contributed by atoms with Crippen molar-refractivity contribution in [1.82, 2.24) is 19.6 Å². The fraction of sp³-hybridized carbons (Fsp3) is 0.857. The number of carbonyl (C=O) groups excluding carboxylic acids is 4. The van der Waals surface area contributed by atoms with Crippen LogP contribution in [-0.2, 0) is 38.7 Å². The SMILES string of the molecule is CCN1C(=O)C2C(C1=O)C1C3CCC3C2C2C(=O)N(CC)C(=O)C21.CCN1CC2C3CCC(C2C1)C1CN(CC)CC31.[CH3-].[Rh]. The Hall–Kier alpha value is -1.18. The van der Waals surface area contributed by atoms with Crippen LogP contribution in [0.5, 0.6) is 0 Å². The van der Waals surface area contributed by atoms with Crippen LogP contribution in [0.2, 0.25) is 0 Å². The monoisotopic (exact) mass is 696 g/mol. The molecule has 11 rings (SSSR count). The summed E-state index contributed by atoms with van der Waals surface area (Å²) in [4.78, 5) is 59.7. The number of carbonyl (C=O) groups is 4. The van der Waals surface area contributed by atoms with Crippen LogP contribution < -0.4 is 0 Å². The van der Waals surface area contributed by atoms with Crippen LogP contribution in [0.1, 0.15) is 53.4 Å². The second-order valence-electron chi connectivity index (χ2n) is 15.3. The summed E-state index contributed by atoms with van der Waals surface area (Å²) in [5, 5.41) is 0. The van der Waals surface area contributed by atoms with Gasteiger partial charge in [-0.3, -0.25) is 29.0 Å². The fourth-order valence-electron chi connectivity index (χ4n) is 12.9. The summed E-state index contributed by atoms with van der Waals surface area (Å²) in [6, 6.07) is 0. The first-order valence-corrected chi connectivity index (χ1v) is 17.5. The first kappa shape index (κ1) is 32.8. The first-order chi connectivity index (χ1) is 20.3. The minimum Gasteiger partial charge on any atom is -0.358 e. The number of likely N-dealkylation sites (tertiary alicyclic amines) is 4. The summed E-state index contributed by atoms with van der Waals surface area (Å²) < 4.78 is 0. The molecule has 11 aliphatic rings. The van der Waals surface area contributed by atoms with Gasteiger partial charge in [0.1, 0.15) is 0 Å². The van der Waals surface area contributed by atoms with Crippen LogP contribution in [0.4, 0.5) is 0 Å². The molecule has 10 unspecified atom stereocenters. The molecular formula is C35H53N4O4Rh-. The van der Waals surface area contributed by atoms with Gasteiger partial charge >= 0.3 is 0 Å². The zero-order valence-electron chi connectivity index (χ0n) is 27.3. The predicted molar refractivity (Wildman–Crippen MR) is 163 cm³/mol. The molecule has 11 fully saturated rings. The number of fused-ring (bicyclic) bond motifs is 1. The molecule has 0 N–H and O–H groups in total. The standard InChI is InChI=1S/C18H22N2O4.C16H28N2.CH3.Rh/c1-3-19-15(21)11-9-7-5-6-8(7)10(12(11)16(19)22)14-13(9)17(23)20(4-2)18(14)24;1-3-17-7-13-11-5-6-12(14(13)8-17)16-10-18(4-2)9-15(11)16;;/h7-14H,3-6H2,1-2H3;11-16H,3-10H2,1-2H3;1H3;/q;;-1;. The predicted octanol–water partition coefficient (Wildman–Crippen LogP) is 3.12. The van der Waals surface area contributed by atoms with Gasteiger partial charge in [0.15, 0.2) is 0 Å². The van der Waals surface area contributed by atoms with Crippen molar-refractivity contribution in [1.29, 1.82) is 0 Å². The van der Waals surface area contributed by atoms with Crippen LogP contribution in [0.15, 0.2) is 0 Å². The maximum absolute atomic E-state index is 12.9. The topological polar surface area (TPSA) is 81.2 Å². The van der Waals surface area contributed by atoms with Crippen molar-refractivity contribution in [2.45, 2.75) is 53.4 Å². The molecule has 0 aromatic carbocycles. The molecule has 7 saturated carbocycles. The van der Waals surface area contributed by atoms with Gasteiger partial charge in [-0.25, -0.2) is 0 Å². The third kappa shape index (κ3) is 4.16. The molecule has 4 saturated heterocycles. The van der Waals surface area contributed by atoms with E-state index in [1.807, 2.05) is 13.8 Å². The van der Waals surface area contributed by atoms with Gasteiger partial charge in [-0.1, -0.05) is 13.8 Å². The van der Waals surface area contributed by atoms with Gasteiger partial charge < -0.3 is 17.2 Å². The zero-order chi connectivity index (χ0) is 29.2. The minimum absolute atomic E-state index is 0. The van der Waals surface area contributed by atoms with Gasteiger partial charge in [0.05, 0.1) is 23.7 Å². The second kappa shape index (κ2) is 11.8. The van der Waals surface area contributed by atoms with Crippen LogP contribution >= 0.6 is 0 Å². The Morgan fingerprint density at radius 2 is 0.727 bits per heavy atom. The molecule has 44 heavy (non-hydrogen) atoms. The van der Waals surface area contributed by atoms with Crippen LogP contribution in [0, 0.1) is 90.3 Å². The molecule has 0 spiro atoms. The normalized spacial score (nSPS) is 47.6. The molecule has 0 aromatic heterocycles. The maximum Gasteiger partial charge on any atom is 0.233 e. The summed E-state index contributed by atoms with van der Waals surface area (Å²) in [6.45, 7) is 17.4. The number of hydrogen-bond donors (Lipinski definition) is 0. The van der Waals surface area contributed by atoms with E-state index in [0.29, 0.717) is 24.9 Å². The summed E-state index contributed by atoms with van der Waals surface area (Å²) in [7, 11) is 0.